The lowest BCUT2D eigenvalue weighted by atomic mass is 9.95. The van der Waals surface area contributed by atoms with Crippen LogP contribution in [0.15, 0.2) is 0 Å². The maximum absolute atomic E-state index is 6.25. The summed E-state index contributed by atoms with van der Waals surface area (Å²) in [7, 11) is 0. The van der Waals surface area contributed by atoms with E-state index in [1.54, 1.807) is 0 Å². The predicted octanol–water partition coefficient (Wildman–Crippen LogP) is 4.30. The molecule has 110 valence electrons. The number of rotatable bonds is 7. The van der Waals surface area contributed by atoms with Gasteiger partial charge in [0.15, 0.2) is 0 Å². The number of nitrogens with two attached hydrogens (primary N) is 1. The third-order valence-electron chi connectivity index (χ3n) is 3.59. The molecule has 1 aromatic heterocycles. The third-order valence-corrected chi connectivity index (χ3v) is 3.59. The molecule has 0 aromatic carbocycles. The van der Waals surface area contributed by atoms with Crippen LogP contribution in [0.3, 0.4) is 0 Å². The minimum atomic E-state index is 0.0601. The van der Waals surface area contributed by atoms with Crippen LogP contribution in [0.4, 0.5) is 5.82 Å². The molecule has 0 aliphatic carbocycles. The van der Waals surface area contributed by atoms with E-state index in [9.17, 15) is 0 Å². The number of hydrogen-bond donors (Lipinski definition) is 1. The first-order chi connectivity index (χ1) is 8.91. The molecule has 19 heavy (non-hydrogen) atoms. The fraction of sp³-hybridized carbons (Fsp3) is 0.812. The van der Waals surface area contributed by atoms with Gasteiger partial charge in [-0.25, -0.2) is 4.98 Å². The van der Waals surface area contributed by atoms with E-state index in [1.165, 1.54) is 32.1 Å². The van der Waals surface area contributed by atoms with Gasteiger partial charge in [-0.3, -0.25) is 0 Å². The lowest BCUT2D eigenvalue weighted by Gasteiger charge is -2.19. The number of aryl methyl sites for hydroxylation is 1. The fourth-order valence-corrected chi connectivity index (χ4v) is 2.49. The van der Waals surface area contributed by atoms with E-state index in [0.29, 0.717) is 0 Å². The van der Waals surface area contributed by atoms with Crippen LogP contribution < -0.4 is 5.73 Å². The molecule has 0 amide bonds. The van der Waals surface area contributed by atoms with E-state index >= 15 is 0 Å². The Morgan fingerprint density at radius 1 is 1.05 bits per heavy atom. The minimum Gasteiger partial charge on any atom is -0.384 e. The van der Waals surface area contributed by atoms with Crippen molar-refractivity contribution >= 4 is 5.82 Å². The van der Waals surface area contributed by atoms with Crippen molar-refractivity contribution in [2.24, 2.45) is 0 Å². The van der Waals surface area contributed by atoms with Gasteiger partial charge in [-0.05, 0) is 19.8 Å². The highest BCUT2D eigenvalue weighted by Gasteiger charge is 2.23. The topological polar surface area (TPSA) is 43.8 Å². The van der Waals surface area contributed by atoms with Gasteiger partial charge in [0.1, 0.15) is 11.6 Å². The lowest BCUT2D eigenvalue weighted by molar-refractivity contribution is 0.507. The maximum Gasteiger partial charge on any atom is 0.126 e. The summed E-state index contributed by atoms with van der Waals surface area (Å²) in [6.45, 7) is 11.9. The molecule has 1 rings (SSSR count). The molecule has 0 saturated heterocycles. The van der Waals surface area contributed by atoms with E-state index in [1.807, 2.05) is 0 Å². The average Bonchev–Trinajstić information content (AvgIpc) is 2.66. The van der Waals surface area contributed by atoms with Crippen LogP contribution in [0, 0.1) is 0 Å². The van der Waals surface area contributed by atoms with Gasteiger partial charge in [-0.1, -0.05) is 53.4 Å². The van der Waals surface area contributed by atoms with Crippen LogP contribution in [-0.4, -0.2) is 9.55 Å². The molecule has 0 aliphatic heterocycles. The zero-order chi connectivity index (χ0) is 14.5. The summed E-state index contributed by atoms with van der Waals surface area (Å²) in [5.74, 6) is 2.00. The van der Waals surface area contributed by atoms with E-state index in [-0.39, 0.29) is 5.41 Å². The normalized spacial score (nSPS) is 12.1. The van der Waals surface area contributed by atoms with Crippen LogP contribution in [-0.2, 0) is 18.4 Å². The fourth-order valence-electron chi connectivity index (χ4n) is 2.49. The summed E-state index contributed by atoms with van der Waals surface area (Å²) in [4.78, 5) is 4.81. The molecule has 0 saturated carbocycles. The molecule has 2 N–H and O–H groups in total. The molecule has 3 nitrogen and oxygen atoms in total. The van der Waals surface area contributed by atoms with Gasteiger partial charge < -0.3 is 10.3 Å². The Hall–Kier alpha value is -0.990. The van der Waals surface area contributed by atoms with Crippen LogP contribution in [0.2, 0.25) is 0 Å². The van der Waals surface area contributed by atoms with Crippen molar-refractivity contribution in [3.63, 3.8) is 0 Å². The Morgan fingerprint density at radius 2 is 1.68 bits per heavy atom. The van der Waals surface area contributed by atoms with Crippen molar-refractivity contribution in [2.45, 2.75) is 85.1 Å². The quantitative estimate of drug-likeness (QED) is 0.747. The zero-order valence-corrected chi connectivity index (χ0v) is 13.4. The van der Waals surface area contributed by atoms with Crippen LogP contribution in [0.5, 0.6) is 0 Å². The third kappa shape index (κ3) is 4.26. The van der Waals surface area contributed by atoms with Gasteiger partial charge >= 0.3 is 0 Å². The first-order valence-corrected chi connectivity index (χ1v) is 7.77. The standard InChI is InChI=1S/C16H31N3/c1-6-8-9-10-11-12-13-14(17)19(7-2)15(18-13)16(3,4)5/h6-12,17H2,1-5H3. The van der Waals surface area contributed by atoms with Gasteiger partial charge in [-0.2, -0.15) is 0 Å². The van der Waals surface area contributed by atoms with E-state index < -0.39 is 0 Å². The second-order valence-electron chi connectivity index (χ2n) is 6.43. The van der Waals surface area contributed by atoms with E-state index in [4.69, 9.17) is 10.7 Å². The number of nitrogens with zero attached hydrogens (tertiary/aromatic N) is 2. The molecule has 0 aliphatic rings. The molecular formula is C16H31N3. The highest BCUT2D eigenvalue weighted by atomic mass is 15.1. The van der Waals surface area contributed by atoms with E-state index in [0.717, 1.165) is 30.3 Å². The van der Waals surface area contributed by atoms with Gasteiger partial charge in [0, 0.05) is 12.0 Å². The molecule has 0 unspecified atom stereocenters. The number of unbranched alkanes of at least 4 members (excludes halogenated alkanes) is 4. The average molecular weight is 265 g/mol. The molecule has 0 fully saturated rings. The number of nitrogen functional groups attached to an aromatic ring is 1. The minimum absolute atomic E-state index is 0.0601. The molecule has 0 atom stereocenters. The Bertz CT molecular complexity index is 385. The van der Waals surface area contributed by atoms with Gasteiger partial charge in [0.25, 0.3) is 0 Å². The predicted molar refractivity (Wildman–Crippen MR) is 83.5 cm³/mol. The number of anilines is 1. The first-order valence-electron chi connectivity index (χ1n) is 7.77. The molecule has 3 heteroatoms. The summed E-state index contributed by atoms with van der Waals surface area (Å²) in [6.07, 6.45) is 7.47. The summed E-state index contributed by atoms with van der Waals surface area (Å²) in [5, 5.41) is 0. The van der Waals surface area contributed by atoms with Crippen LogP contribution >= 0.6 is 0 Å². The van der Waals surface area contributed by atoms with Crippen molar-refractivity contribution in [2.75, 3.05) is 5.73 Å². The highest BCUT2D eigenvalue weighted by Crippen LogP contribution is 2.26. The summed E-state index contributed by atoms with van der Waals surface area (Å²) in [5.41, 5.74) is 7.41. The molecular weight excluding hydrogens is 234 g/mol. The highest BCUT2D eigenvalue weighted by molar-refractivity contribution is 5.39. The van der Waals surface area contributed by atoms with Gasteiger partial charge in [0.05, 0.1) is 5.69 Å². The largest absolute Gasteiger partial charge is 0.384 e. The molecule has 1 heterocycles. The summed E-state index contributed by atoms with van der Waals surface area (Å²) < 4.78 is 2.17. The van der Waals surface area contributed by atoms with Crippen LogP contribution in [0.25, 0.3) is 0 Å². The number of hydrogen-bond acceptors (Lipinski definition) is 2. The molecule has 1 aromatic rings. The van der Waals surface area contributed by atoms with Crippen molar-refractivity contribution < 1.29 is 0 Å². The Balaban J connectivity index is 2.72. The molecule has 0 bridgehead atoms. The second-order valence-corrected chi connectivity index (χ2v) is 6.43. The Kier molecular flexibility index (Phi) is 5.89. The molecule has 0 spiro atoms. The SMILES string of the molecule is CCCCCCCc1nc(C(C)(C)C)n(CC)c1N. The van der Waals surface area contributed by atoms with Gasteiger partial charge in [0.2, 0.25) is 0 Å². The summed E-state index contributed by atoms with van der Waals surface area (Å²) in [6, 6.07) is 0. The number of aromatic nitrogens is 2. The lowest BCUT2D eigenvalue weighted by Crippen LogP contribution is -2.19. The zero-order valence-electron chi connectivity index (χ0n) is 13.4. The van der Waals surface area contributed by atoms with Crippen LogP contribution in [0.1, 0.15) is 78.2 Å². The van der Waals surface area contributed by atoms with Crippen molar-refractivity contribution in [3.05, 3.63) is 11.5 Å². The summed E-state index contributed by atoms with van der Waals surface area (Å²) >= 11 is 0. The first kappa shape index (κ1) is 16.1. The van der Waals surface area contributed by atoms with E-state index in [2.05, 4.69) is 39.2 Å². The van der Waals surface area contributed by atoms with Gasteiger partial charge in [-0.15, -0.1) is 0 Å². The van der Waals surface area contributed by atoms with Crippen molar-refractivity contribution in [1.82, 2.24) is 9.55 Å². The number of imidazole rings is 1. The Labute approximate surface area is 118 Å². The maximum atomic E-state index is 6.25. The second kappa shape index (κ2) is 6.97. The Morgan fingerprint density at radius 3 is 2.16 bits per heavy atom. The molecule has 0 radical (unpaired) electrons. The monoisotopic (exact) mass is 265 g/mol. The van der Waals surface area contributed by atoms with Crippen molar-refractivity contribution in [1.29, 1.82) is 0 Å². The smallest absolute Gasteiger partial charge is 0.126 e. The van der Waals surface area contributed by atoms with Crippen molar-refractivity contribution in [3.8, 4) is 0 Å².